The number of para-hydroxylation sites is 1. The third-order valence-electron chi connectivity index (χ3n) is 5.11. The van der Waals surface area contributed by atoms with Gasteiger partial charge in [-0.2, -0.15) is 13.2 Å². The molecule has 0 heterocycles. The van der Waals surface area contributed by atoms with Crippen molar-refractivity contribution in [2.24, 2.45) is 0 Å². The quantitative estimate of drug-likeness (QED) is 0.420. The second-order valence-corrected chi connectivity index (χ2v) is 9.82. The van der Waals surface area contributed by atoms with E-state index in [4.69, 9.17) is 11.6 Å². The van der Waals surface area contributed by atoms with Crippen LogP contribution in [0, 0.1) is 6.92 Å². The van der Waals surface area contributed by atoms with E-state index in [2.05, 4.69) is 5.32 Å². The van der Waals surface area contributed by atoms with Crippen molar-refractivity contribution in [3.05, 3.63) is 88.4 Å². The van der Waals surface area contributed by atoms with E-state index in [1.807, 2.05) is 13.0 Å². The predicted molar refractivity (Wildman–Crippen MR) is 127 cm³/mol. The van der Waals surface area contributed by atoms with Crippen LogP contribution in [0.1, 0.15) is 23.6 Å². The Morgan fingerprint density at radius 1 is 1.03 bits per heavy atom. The van der Waals surface area contributed by atoms with Gasteiger partial charge < -0.3 is 5.32 Å². The van der Waals surface area contributed by atoms with Crippen LogP contribution in [0.15, 0.2) is 71.6 Å². The molecule has 34 heavy (non-hydrogen) atoms. The van der Waals surface area contributed by atoms with E-state index < -0.39 is 39.2 Å². The molecule has 3 aromatic rings. The second kappa shape index (κ2) is 10.1. The molecule has 0 atom stereocenters. The standard InChI is InChI=1S/C24H22ClF3N2O3S/c1-3-17-6-4-5-7-22(17)29-23(31)15-30(34(32,33)19-11-8-16(2)9-12-19)18-10-13-21(25)20(14-18)24(26,27)28/h4-14H,3,15H2,1-2H3,(H,29,31). The molecular formula is C24H22ClF3N2O3S. The summed E-state index contributed by atoms with van der Waals surface area (Å²) in [6.07, 6.45) is -4.19. The van der Waals surface area contributed by atoms with Crippen molar-refractivity contribution < 1.29 is 26.4 Å². The maximum Gasteiger partial charge on any atom is 0.417 e. The van der Waals surface area contributed by atoms with E-state index in [0.717, 1.165) is 23.3 Å². The van der Waals surface area contributed by atoms with Crippen molar-refractivity contribution in [2.45, 2.75) is 31.3 Å². The number of rotatable bonds is 7. The smallest absolute Gasteiger partial charge is 0.324 e. The minimum absolute atomic E-state index is 0.164. The number of aryl methyl sites for hydroxylation is 2. The molecule has 3 aromatic carbocycles. The molecule has 1 amide bonds. The van der Waals surface area contributed by atoms with E-state index in [0.29, 0.717) is 22.5 Å². The van der Waals surface area contributed by atoms with Crippen LogP contribution in [0.5, 0.6) is 0 Å². The zero-order chi connectivity index (χ0) is 25.1. The average Bonchev–Trinajstić information content (AvgIpc) is 2.78. The van der Waals surface area contributed by atoms with Gasteiger partial charge in [0.1, 0.15) is 6.54 Å². The van der Waals surface area contributed by atoms with Crippen LogP contribution in [-0.4, -0.2) is 20.9 Å². The highest BCUT2D eigenvalue weighted by molar-refractivity contribution is 7.92. The van der Waals surface area contributed by atoms with Crippen LogP contribution >= 0.6 is 11.6 Å². The lowest BCUT2D eigenvalue weighted by atomic mass is 10.1. The van der Waals surface area contributed by atoms with Gasteiger partial charge in [0.25, 0.3) is 10.0 Å². The average molecular weight is 511 g/mol. The zero-order valence-corrected chi connectivity index (χ0v) is 19.9. The largest absolute Gasteiger partial charge is 0.417 e. The first-order valence-corrected chi connectivity index (χ1v) is 12.1. The number of hydrogen-bond acceptors (Lipinski definition) is 3. The lowest BCUT2D eigenvalue weighted by Gasteiger charge is -2.25. The molecule has 3 rings (SSSR count). The highest BCUT2D eigenvalue weighted by atomic mass is 35.5. The van der Waals surface area contributed by atoms with E-state index >= 15 is 0 Å². The number of nitrogens with one attached hydrogen (secondary N) is 1. The Kier molecular flexibility index (Phi) is 7.57. The maximum atomic E-state index is 13.5. The van der Waals surface area contributed by atoms with E-state index in [1.165, 1.54) is 12.1 Å². The Labute approximate surface area is 201 Å². The van der Waals surface area contributed by atoms with Crippen molar-refractivity contribution in [3.63, 3.8) is 0 Å². The minimum atomic E-state index is -4.81. The lowest BCUT2D eigenvalue weighted by molar-refractivity contribution is -0.137. The molecule has 1 N–H and O–H groups in total. The first-order valence-electron chi connectivity index (χ1n) is 10.3. The number of benzene rings is 3. The molecule has 0 fully saturated rings. The lowest BCUT2D eigenvalue weighted by Crippen LogP contribution is -2.38. The molecule has 0 aromatic heterocycles. The summed E-state index contributed by atoms with van der Waals surface area (Å²) in [5.74, 6) is -0.708. The zero-order valence-electron chi connectivity index (χ0n) is 18.4. The van der Waals surface area contributed by atoms with Crippen LogP contribution < -0.4 is 9.62 Å². The summed E-state index contributed by atoms with van der Waals surface area (Å²) in [5, 5.41) is 2.08. The molecule has 0 aliphatic rings. The number of hydrogen-bond donors (Lipinski definition) is 1. The summed E-state index contributed by atoms with van der Waals surface area (Å²) in [6.45, 7) is 2.92. The topological polar surface area (TPSA) is 66.5 Å². The van der Waals surface area contributed by atoms with Crippen molar-refractivity contribution in [1.29, 1.82) is 0 Å². The molecule has 180 valence electrons. The van der Waals surface area contributed by atoms with Gasteiger partial charge in [0, 0.05) is 5.69 Å². The van der Waals surface area contributed by atoms with Gasteiger partial charge in [0.2, 0.25) is 5.91 Å². The van der Waals surface area contributed by atoms with Crippen molar-refractivity contribution in [3.8, 4) is 0 Å². The number of carbonyl (C=O) groups excluding carboxylic acids is 1. The van der Waals surface area contributed by atoms with Gasteiger partial charge in [-0.05, 0) is 55.3 Å². The molecule has 0 spiro atoms. The minimum Gasteiger partial charge on any atom is -0.324 e. The molecule has 0 saturated heterocycles. The number of carbonyl (C=O) groups is 1. The van der Waals surface area contributed by atoms with Crippen LogP contribution in [0.2, 0.25) is 5.02 Å². The SMILES string of the molecule is CCc1ccccc1NC(=O)CN(c1ccc(Cl)c(C(F)(F)F)c1)S(=O)(=O)c1ccc(C)cc1. The summed E-state index contributed by atoms with van der Waals surface area (Å²) in [5.41, 5.74) is 0.582. The summed E-state index contributed by atoms with van der Waals surface area (Å²) in [4.78, 5) is 12.7. The molecule has 5 nitrogen and oxygen atoms in total. The highest BCUT2D eigenvalue weighted by Gasteiger charge is 2.35. The molecule has 0 aliphatic heterocycles. The van der Waals surface area contributed by atoms with Gasteiger partial charge in [0.05, 0.1) is 21.2 Å². The normalized spacial score (nSPS) is 11.8. The number of amides is 1. The Morgan fingerprint density at radius 3 is 2.29 bits per heavy atom. The van der Waals surface area contributed by atoms with Gasteiger partial charge >= 0.3 is 6.18 Å². The molecular weight excluding hydrogens is 489 g/mol. The fraction of sp³-hybridized carbons (Fsp3) is 0.208. The summed E-state index contributed by atoms with van der Waals surface area (Å²) in [7, 11) is -4.39. The summed E-state index contributed by atoms with van der Waals surface area (Å²) >= 11 is 5.71. The monoisotopic (exact) mass is 510 g/mol. The Balaban J connectivity index is 2.06. The van der Waals surface area contributed by atoms with Gasteiger partial charge in [-0.15, -0.1) is 0 Å². The summed E-state index contributed by atoms with van der Waals surface area (Å²) < 4.78 is 67.9. The second-order valence-electron chi connectivity index (χ2n) is 7.55. The number of anilines is 2. The molecule has 0 aliphatic carbocycles. The third kappa shape index (κ3) is 5.71. The fourth-order valence-electron chi connectivity index (χ4n) is 3.31. The van der Waals surface area contributed by atoms with Crippen LogP contribution in [0.3, 0.4) is 0 Å². The first-order chi connectivity index (χ1) is 15.9. The van der Waals surface area contributed by atoms with Gasteiger partial charge in [-0.3, -0.25) is 9.10 Å². The van der Waals surface area contributed by atoms with Crippen LogP contribution in [-0.2, 0) is 27.4 Å². The van der Waals surface area contributed by atoms with Gasteiger partial charge in [-0.1, -0.05) is 54.4 Å². The number of halogens is 4. The molecule has 0 unspecified atom stereocenters. The molecule has 0 bridgehead atoms. The van der Waals surface area contributed by atoms with Crippen LogP contribution in [0.25, 0.3) is 0 Å². The van der Waals surface area contributed by atoms with E-state index in [-0.39, 0.29) is 10.6 Å². The fourth-order valence-corrected chi connectivity index (χ4v) is 4.95. The number of alkyl halides is 3. The third-order valence-corrected chi connectivity index (χ3v) is 7.23. The predicted octanol–water partition coefficient (Wildman–Crippen LogP) is 6.06. The summed E-state index contributed by atoms with van der Waals surface area (Å²) in [6, 6.07) is 15.5. The molecule has 0 radical (unpaired) electrons. The first kappa shape index (κ1) is 25.6. The Bertz CT molecular complexity index is 1290. The molecule has 10 heteroatoms. The highest BCUT2D eigenvalue weighted by Crippen LogP contribution is 2.38. The van der Waals surface area contributed by atoms with Gasteiger partial charge in [0.15, 0.2) is 0 Å². The number of sulfonamides is 1. The maximum absolute atomic E-state index is 13.5. The Hall–Kier alpha value is -3.04. The van der Waals surface area contributed by atoms with Crippen LogP contribution in [0.4, 0.5) is 24.5 Å². The van der Waals surface area contributed by atoms with Crippen molar-refractivity contribution >= 4 is 38.9 Å². The van der Waals surface area contributed by atoms with Gasteiger partial charge in [-0.25, -0.2) is 8.42 Å². The van der Waals surface area contributed by atoms with Crippen molar-refractivity contribution in [2.75, 3.05) is 16.2 Å². The van der Waals surface area contributed by atoms with E-state index in [1.54, 1.807) is 37.3 Å². The van der Waals surface area contributed by atoms with E-state index in [9.17, 15) is 26.4 Å². The van der Waals surface area contributed by atoms with Crippen molar-refractivity contribution in [1.82, 2.24) is 0 Å². The Morgan fingerprint density at radius 2 is 1.68 bits per heavy atom. The number of nitrogens with zero attached hydrogens (tertiary/aromatic N) is 1. The molecule has 0 saturated carbocycles.